The fraction of sp³-hybridized carbons (Fsp3) is 0.714. The first-order valence-corrected chi connectivity index (χ1v) is 3.35. The molecule has 0 saturated carbocycles. The molecule has 0 aliphatic rings. The number of rotatable bonds is 4. The van der Waals surface area contributed by atoms with Gasteiger partial charge in [0.1, 0.15) is 0 Å². The normalized spacial score (nSPS) is 11.3. The van der Waals surface area contributed by atoms with Gasteiger partial charge in [0.2, 0.25) is 0 Å². The Morgan fingerprint density at radius 1 is 1.45 bits per heavy atom. The van der Waals surface area contributed by atoms with Crippen molar-refractivity contribution in [2.45, 2.75) is 19.0 Å². The average molecular weight is 167 g/mol. The van der Waals surface area contributed by atoms with Crippen molar-refractivity contribution in [1.29, 1.82) is 0 Å². The minimum Gasteiger partial charge on any atom is -0.381 e. The topological polar surface area (TPSA) is 3.24 Å². The number of nitrogens with zero attached hydrogens (tertiary/aromatic N) is 1. The first-order chi connectivity index (χ1) is 4.95. The van der Waals surface area contributed by atoms with E-state index in [-0.39, 0.29) is 6.42 Å². The van der Waals surface area contributed by atoms with E-state index in [0.29, 0.717) is 6.54 Å². The SMILES string of the molecule is C=CN(C)CCCC(F)(F)F. The Labute approximate surface area is 64.5 Å². The molecule has 0 aromatic carbocycles. The number of hydrogen-bond acceptors (Lipinski definition) is 1. The van der Waals surface area contributed by atoms with Crippen LogP contribution >= 0.6 is 0 Å². The first-order valence-electron chi connectivity index (χ1n) is 3.35. The summed E-state index contributed by atoms with van der Waals surface area (Å²) in [5.74, 6) is 0. The second-order valence-corrected chi connectivity index (χ2v) is 2.38. The Hall–Kier alpha value is -0.670. The molecule has 0 heterocycles. The maximum atomic E-state index is 11.6. The van der Waals surface area contributed by atoms with Crippen LogP contribution in [0.1, 0.15) is 12.8 Å². The van der Waals surface area contributed by atoms with Crippen LogP contribution < -0.4 is 0 Å². The molecule has 0 unspecified atom stereocenters. The summed E-state index contributed by atoms with van der Waals surface area (Å²) in [4.78, 5) is 1.63. The molecule has 11 heavy (non-hydrogen) atoms. The zero-order chi connectivity index (χ0) is 8.91. The molecule has 0 amide bonds. The van der Waals surface area contributed by atoms with Gasteiger partial charge in [-0.15, -0.1) is 0 Å². The van der Waals surface area contributed by atoms with Crippen molar-refractivity contribution < 1.29 is 13.2 Å². The number of hydrogen-bond donors (Lipinski definition) is 0. The predicted octanol–water partition coefficient (Wildman–Crippen LogP) is 2.40. The molecule has 0 fully saturated rings. The van der Waals surface area contributed by atoms with Gasteiger partial charge < -0.3 is 4.90 Å². The van der Waals surface area contributed by atoms with Crippen LogP contribution in [0.15, 0.2) is 12.8 Å². The molecule has 0 N–H and O–H groups in total. The molecule has 0 saturated heterocycles. The van der Waals surface area contributed by atoms with Crippen LogP contribution in [0.2, 0.25) is 0 Å². The van der Waals surface area contributed by atoms with Crippen LogP contribution in [-0.2, 0) is 0 Å². The van der Waals surface area contributed by atoms with Gasteiger partial charge >= 0.3 is 6.18 Å². The second-order valence-electron chi connectivity index (χ2n) is 2.38. The minimum atomic E-state index is -4.03. The highest BCUT2D eigenvalue weighted by molar-refractivity contribution is 4.66. The van der Waals surface area contributed by atoms with Gasteiger partial charge in [0.05, 0.1) is 0 Å². The smallest absolute Gasteiger partial charge is 0.381 e. The lowest BCUT2D eigenvalue weighted by atomic mass is 10.3. The highest BCUT2D eigenvalue weighted by Crippen LogP contribution is 2.21. The van der Waals surface area contributed by atoms with Gasteiger partial charge in [0.25, 0.3) is 0 Å². The molecule has 0 aromatic heterocycles. The first kappa shape index (κ1) is 10.3. The number of halogens is 3. The molecule has 0 bridgehead atoms. The van der Waals surface area contributed by atoms with Crippen LogP contribution in [0.5, 0.6) is 0 Å². The fourth-order valence-electron chi connectivity index (χ4n) is 0.620. The van der Waals surface area contributed by atoms with Crippen molar-refractivity contribution in [2.24, 2.45) is 0 Å². The Bertz CT molecular complexity index is 119. The van der Waals surface area contributed by atoms with E-state index in [2.05, 4.69) is 6.58 Å². The lowest BCUT2D eigenvalue weighted by Crippen LogP contribution is -2.15. The minimum absolute atomic E-state index is 0.131. The van der Waals surface area contributed by atoms with Crippen molar-refractivity contribution in [2.75, 3.05) is 13.6 Å². The molecule has 0 spiro atoms. The predicted molar refractivity (Wildman–Crippen MR) is 38.1 cm³/mol. The van der Waals surface area contributed by atoms with Crippen LogP contribution in [0.25, 0.3) is 0 Å². The highest BCUT2D eigenvalue weighted by atomic mass is 19.4. The third-order valence-corrected chi connectivity index (χ3v) is 1.28. The molecule has 0 aliphatic carbocycles. The molecule has 1 nitrogen and oxygen atoms in total. The molecular weight excluding hydrogens is 155 g/mol. The molecule has 66 valence electrons. The highest BCUT2D eigenvalue weighted by Gasteiger charge is 2.25. The largest absolute Gasteiger partial charge is 0.389 e. The van der Waals surface area contributed by atoms with E-state index in [1.807, 2.05) is 0 Å². The van der Waals surface area contributed by atoms with Crippen LogP contribution in [-0.4, -0.2) is 24.7 Å². The van der Waals surface area contributed by atoms with E-state index in [0.717, 1.165) is 0 Å². The standard InChI is InChI=1S/C7H12F3N/c1-3-11(2)6-4-5-7(8,9)10/h3H,1,4-6H2,2H3. The summed E-state index contributed by atoms with van der Waals surface area (Å²) >= 11 is 0. The molecular formula is C7H12F3N. The van der Waals surface area contributed by atoms with E-state index in [9.17, 15) is 13.2 Å². The molecule has 0 aromatic rings. The Morgan fingerprint density at radius 3 is 2.36 bits per heavy atom. The third-order valence-electron chi connectivity index (χ3n) is 1.28. The quantitative estimate of drug-likeness (QED) is 0.621. The lowest BCUT2D eigenvalue weighted by Gasteiger charge is -2.13. The van der Waals surface area contributed by atoms with Gasteiger partial charge in [-0.2, -0.15) is 13.2 Å². The van der Waals surface area contributed by atoms with Crippen molar-refractivity contribution in [3.63, 3.8) is 0 Å². The van der Waals surface area contributed by atoms with Crippen molar-refractivity contribution in [3.8, 4) is 0 Å². The fourth-order valence-corrected chi connectivity index (χ4v) is 0.620. The summed E-state index contributed by atoms with van der Waals surface area (Å²) in [5.41, 5.74) is 0. The molecule has 0 rings (SSSR count). The van der Waals surface area contributed by atoms with E-state index < -0.39 is 12.6 Å². The van der Waals surface area contributed by atoms with Gasteiger partial charge in [0.15, 0.2) is 0 Å². The summed E-state index contributed by atoms with van der Waals surface area (Å²) in [6.07, 6.45) is -3.10. The molecule has 4 heteroatoms. The Balaban J connectivity index is 3.35. The van der Waals surface area contributed by atoms with Gasteiger partial charge in [0, 0.05) is 20.0 Å². The van der Waals surface area contributed by atoms with Gasteiger partial charge in [-0.3, -0.25) is 0 Å². The maximum absolute atomic E-state index is 11.6. The Morgan fingerprint density at radius 2 is 2.00 bits per heavy atom. The monoisotopic (exact) mass is 167 g/mol. The second kappa shape index (κ2) is 4.26. The van der Waals surface area contributed by atoms with E-state index in [1.165, 1.54) is 6.20 Å². The zero-order valence-electron chi connectivity index (χ0n) is 6.49. The third kappa shape index (κ3) is 7.22. The molecule has 0 aliphatic heterocycles. The van der Waals surface area contributed by atoms with Crippen LogP contribution in [0.3, 0.4) is 0 Å². The van der Waals surface area contributed by atoms with Crippen molar-refractivity contribution in [1.82, 2.24) is 4.90 Å². The van der Waals surface area contributed by atoms with Gasteiger partial charge in [-0.05, 0) is 12.6 Å². The number of alkyl halides is 3. The van der Waals surface area contributed by atoms with Crippen molar-refractivity contribution >= 4 is 0 Å². The lowest BCUT2D eigenvalue weighted by molar-refractivity contribution is -0.135. The Kier molecular flexibility index (Phi) is 4.00. The van der Waals surface area contributed by atoms with Gasteiger partial charge in [-0.1, -0.05) is 6.58 Å². The summed E-state index contributed by atoms with van der Waals surface area (Å²) in [5, 5.41) is 0. The average Bonchev–Trinajstić information content (AvgIpc) is 1.85. The summed E-state index contributed by atoms with van der Waals surface area (Å²) in [7, 11) is 1.70. The van der Waals surface area contributed by atoms with Crippen molar-refractivity contribution in [3.05, 3.63) is 12.8 Å². The van der Waals surface area contributed by atoms with E-state index >= 15 is 0 Å². The summed E-state index contributed by atoms with van der Waals surface area (Å²) < 4.78 is 34.7. The van der Waals surface area contributed by atoms with Gasteiger partial charge in [-0.25, -0.2) is 0 Å². The maximum Gasteiger partial charge on any atom is 0.389 e. The molecule has 0 radical (unpaired) electrons. The summed E-state index contributed by atoms with van der Waals surface area (Å²) in [6, 6.07) is 0. The van der Waals surface area contributed by atoms with Crippen LogP contribution in [0, 0.1) is 0 Å². The van der Waals surface area contributed by atoms with E-state index in [4.69, 9.17) is 0 Å². The van der Waals surface area contributed by atoms with E-state index in [1.54, 1.807) is 11.9 Å². The van der Waals surface area contributed by atoms with Crippen LogP contribution in [0.4, 0.5) is 13.2 Å². The zero-order valence-corrected chi connectivity index (χ0v) is 6.49. The molecule has 0 atom stereocenters. The summed E-state index contributed by atoms with van der Waals surface area (Å²) in [6.45, 7) is 3.83.